The number of hydrogen-bond acceptors (Lipinski definition) is 1. The smallest absolute Gasteiger partial charge is 0.331 e. The monoisotopic (exact) mass is 198 g/mol. The van der Waals surface area contributed by atoms with Crippen LogP contribution in [0.2, 0.25) is 0 Å². The topological polar surface area (TPSA) is 20.2 Å². The van der Waals surface area contributed by atoms with E-state index in [2.05, 4.69) is 0 Å². The molecule has 0 fully saturated rings. The van der Waals surface area contributed by atoms with Crippen molar-refractivity contribution in [2.24, 2.45) is 0 Å². The molecule has 0 aliphatic heterocycles. The maximum absolute atomic E-state index is 11.7. The first kappa shape index (κ1) is 11.2. The van der Waals surface area contributed by atoms with Crippen LogP contribution in [-0.4, -0.2) is 17.1 Å². The van der Waals surface area contributed by atoms with Crippen molar-refractivity contribution < 1.29 is 35.8 Å². The third-order valence-electron chi connectivity index (χ3n) is 0.819. The van der Waals surface area contributed by atoms with Gasteiger partial charge in [0.25, 0.3) is 0 Å². The summed E-state index contributed by atoms with van der Waals surface area (Å²) in [5.74, 6) is -9.54. The van der Waals surface area contributed by atoms with Crippen molar-refractivity contribution in [3.63, 3.8) is 0 Å². The molecule has 0 aromatic rings. The first-order valence-electron chi connectivity index (χ1n) is 2.30. The van der Waals surface area contributed by atoms with Crippen molar-refractivity contribution in [2.45, 2.75) is 12.0 Å². The predicted octanol–water partition coefficient (Wildman–Crippen LogP) is 2.28. The van der Waals surface area contributed by atoms with E-state index >= 15 is 0 Å². The largest absolute Gasteiger partial charge is 0.424 e. The van der Waals surface area contributed by atoms with E-state index in [1.54, 1.807) is 0 Å². The second kappa shape index (κ2) is 2.92. The molecule has 0 atom stereocenters. The number of halogens is 7. The fourth-order valence-electron chi connectivity index (χ4n) is 0.251. The van der Waals surface area contributed by atoms with Gasteiger partial charge in [0.1, 0.15) is 0 Å². The number of rotatable bonds is 2. The van der Waals surface area contributed by atoms with E-state index in [0.29, 0.717) is 0 Å². The molecular formula is C4HF7O. The van der Waals surface area contributed by atoms with Crippen LogP contribution in [0.25, 0.3) is 0 Å². The van der Waals surface area contributed by atoms with Crippen molar-refractivity contribution >= 4 is 0 Å². The van der Waals surface area contributed by atoms with Crippen molar-refractivity contribution in [1.82, 2.24) is 0 Å². The quantitative estimate of drug-likeness (QED) is 0.674. The highest BCUT2D eigenvalue weighted by atomic mass is 19.3. The molecule has 0 aromatic carbocycles. The Balaban J connectivity index is 5.01. The molecule has 12 heavy (non-hydrogen) atoms. The van der Waals surface area contributed by atoms with Crippen LogP contribution in [0.1, 0.15) is 0 Å². The van der Waals surface area contributed by atoms with E-state index in [4.69, 9.17) is 5.11 Å². The maximum atomic E-state index is 11.7. The van der Waals surface area contributed by atoms with Crippen LogP contribution in [0, 0.1) is 0 Å². The standard InChI is InChI=1S/C4HF7O/c5-1(2(6)7)3(8,9)4(10,11)12/h12H. The van der Waals surface area contributed by atoms with Gasteiger partial charge in [-0.3, -0.25) is 0 Å². The minimum atomic E-state index is -5.90. The van der Waals surface area contributed by atoms with E-state index in [1.165, 1.54) is 0 Å². The summed E-state index contributed by atoms with van der Waals surface area (Å²) >= 11 is 0. The number of alkyl halides is 4. The summed E-state index contributed by atoms with van der Waals surface area (Å²) in [6, 6.07) is 0. The Bertz CT molecular complexity index is 198. The summed E-state index contributed by atoms with van der Waals surface area (Å²) < 4.78 is 79.5. The Morgan fingerprint density at radius 3 is 1.33 bits per heavy atom. The molecule has 1 N–H and O–H groups in total. The second-order valence-electron chi connectivity index (χ2n) is 1.69. The van der Waals surface area contributed by atoms with Gasteiger partial charge in [-0.05, 0) is 0 Å². The zero-order valence-electron chi connectivity index (χ0n) is 5.09. The van der Waals surface area contributed by atoms with Crippen LogP contribution in [0.3, 0.4) is 0 Å². The summed E-state index contributed by atoms with van der Waals surface area (Å²) in [5, 5.41) is 7.27. The van der Waals surface area contributed by atoms with Gasteiger partial charge in [-0.15, -0.1) is 0 Å². The van der Waals surface area contributed by atoms with E-state index in [9.17, 15) is 30.7 Å². The Morgan fingerprint density at radius 1 is 0.917 bits per heavy atom. The maximum Gasteiger partial charge on any atom is 0.424 e. The first-order valence-corrected chi connectivity index (χ1v) is 2.30. The average Bonchev–Trinajstić information content (AvgIpc) is 1.83. The molecule has 0 amide bonds. The molecule has 0 rings (SSSR count). The summed E-state index contributed by atoms with van der Waals surface area (Å²) in [4.78, 5) is 0. The molecule has 0 aromatic heterocycles. The lowest BCUT2D eigenvalue weighted by atomic mass is 10.3. The minimum Gasteiger partial charge on any atom is -0.331 e. The molecule has 0 aliphatic rings. The van der Waals surface area contributed by atoms with Crippen LogP contribution in [-0.2, 0) is 0 Å². The van der Waals surface area contributed by atoms with Crippen molar-refractivity contribution in [2.75, 3.05) is 0 Å². The van der Waals surface area contributed by atoms with Gasteiger partial charge in [-0.25, -0.2) is 0 Å². The molecule has 8 heteroatoms. The third kappa shape index (κ3) is 1.87. The molecule has 0 spiro atoms. The van der Waals surface area contributed by atoms with Crippen molar-refractivity contribution in [1.29, 1.82) is 0 Å². The van der Waals surface area contributed by atoms with Crippen LogP contribution in [0.15, 0.2) is 11.9 Å². The normalized spacial score (nSPS) is 13.0. The van der Waals surface area contributed by atoms with E-state index in [-0.39, 0.29) is 0 Å². The van der Waals surface area contributed by atoms with Gasteiger partial charge < -0.3 is 5.11 Å². The van der Waals surface area contributed by atoms with Crippen LogP contribution < -0.4 is 0 Å². The highest BCUT2D eigenvalue weighted by Crippen LogP contribution is 2.40. The third-order valence-corrected chi connectivity index (χ3v) is 0.819. The van der Waals surface area contributed by atoms with Gasteiger partial charge in [0.05, 0.1) is 0 Å². The van der Waals surface area contributed by atoms with Gasteiger partial charge >= 0.3 is 18.1 Å². The van der Waals surface area contributed by atoms with Crippen LogP contribution in [0.5, 0.6) is 0 Å². The molecule has 72 valence electrons. The lowest BCUT2D eigenvalue weighted by Crippen LogP contribution is -2.41. The molecule has 0 saturated heterocycles. The van der Waals surface area contributed by atoms with Crippen molar-refractivity contribution in [3.05, 3.63) is 11.9 Å². The number of aliphatic hydroxyl groups is 1. The SMILES string of the molecule is OC(F)(F)C(F)(F)C(F)=C(F)F. The zero-order chi connectivity index (χ0) is 10.2. The van der Waals surface area contributed by atoms with Crippen LogP contribution >= 0.6 is 0 Å². The highest BCUT2D eigenvalue weighted by Gasteiger charge is 2.61. The number of hydrogen-bond donors (Lipinski definition) is 1. The molecule has 0 heterocycles. The fraction of sp³-hybridized carbons (Fsp3) is 0.500. The Morgan fingerprint density at radius 2 is 1.25 bits per heavy atom. The van der Waals surface area contributed by atoms with Gasteiger partial charge in [-0.1, -0.05) is 0 Å². The summed E-state index contributed by atoms with van der Waals surface area (Å²) in [5.41, 5.74) is 0. The molecular weight excluding hydrogens is 197 g/mol. The molecule has 0 bridgehead atoms. The predicted molar refractivity (Wildman–Crippen MR) is 22.5 cm³/mol. The Kier molecular flexibility index (Phi) is 2.73. The van der Waals surface area contributed by atoms with Crippen LogP contribution in [0.4, 0.5) is 30.7 Å². The van der Waals surface area contributed by atoms with Gasteiger partial charge in [-0.2, -0.15) is 30.7 Å². The summed E-state index contributed by atoms with van der Waals surface area (Å²) in [6.45, 7) is 0. The summed E-state index contributed by atoms with van der Waals surface area (Å²) in [7, 11) is 0. The molecule has 0 saturated carbocycles. The average molecular weight is 198 g/mol. The molecule has 0 unspecified atom stereocenters. The minimum absolute atomic E-state index is 3.60. The molecule has 0 aliphatic carbocycles. The van der Waals surface area contributed by atoms with Gasteiger partial charge in [0.2, 0.25) is 5.83 Å². The van der Waals surface area contributed by atoms with E-state index < -0.39 is 23.9 Å². The highest BCUT2D eigenvalue weighted by molar-refractivity contribution is 5.07. The lowest BCUT2D eigenvalue weighted by Gasteiger charge is -2.18. The van der Waals surface area contributed by atoms with Crippen molar-refractivity contribution in [3.8, 4) is 0 Å². The second-order valence-corrected chi connectivity index (χ2v) is 1.69. The molecule has 0 radical (unpaired) electrons. The Hall–Kier alpha value is -0.790. The van der Waals surface area contributed by atoms with Gasteiger partial charge in [0, 0.05) is 0 Å². The first-order chi connectivity index (χ1) is 5.10. The van der Waals surface area contributed by atoms with E-state index in [0.717, 1.165) is 0 Å². The molecule has 1 nitrogen and oxygen atoms in total. The zero-order valence-corrected chi connectivity index (χ0v) is 5.09. The lowest BCUT2D eigenvalue weighted by molar-refractivity contribution is -0.316. The van der Waals surface area contributed by atoms with Gasteiger partial charge in [0.15, 0.2) is 0 Å². The fourth-order valence-corrected chi connectivity index (χ4v) is 0.251. The Labute approximate surface area is 61.1 Å². The summed E-state index contributed by atoms with van der Waals surface area (Å²) in [6.07, 6.45) is -9.45. The van der Waals surface area contributed by atoms with E-state index in [1.807, 2.05) is 0 Å².